The molecule has 0 bridgehead atoms. The van der Waals surface area contributed by atoms with Crippen LogP contribution in [-0.2, 0) is 28.6 Å². The normalized spacial score (nSPS) is 12.8. The Bertz CT molecular complexity index is 1310. The molecule has 0 heterocycles. The lowest BCUT2D eigenvalue weighted by atomic mass is 10.1. The van der Waals surface area contributed by atoms with E-state index >= 15 is 0 Å². The Morgan fingerprint density at radius 1 is 0.338 bits per heavy atom. The Hall–Kier alpha value is -3.67. The molecule has 0 saturated carbocycles. The second kappa shape index (κ2) is 52.9. The SMILES string of the molecule is CC/C=C\C/C=C\C/C=C\C/C=C\C/C=C\CCCCCC(=O)OCC(COC(=O)CCCCCCCCCCCC)OC(=O)CCCCCCC\C=C/C=C\C=C/CCCCCCC. The van der Waals surface area contributed by atoms with Crippen molar-refractivity contribution < 1.29 is 28.6 Å². The molecule has 0 fully saturated rings. The number of hydrogen-bond acceptors (Lipinski definition) is 6. The highest BCUT2D eigenvalue weighted by Crippen LogP contribution is 2.14. The number of carbonyl (C=O) groups excluding carboxylic acids is 3. The average Bonchev–Trinajstić information content (AvgIpc) is 3.30. The van der Waals surface area contributed by atoms with Gasteiger partial charge in [-0.15, -0.1) is 0 Å². The van der Waals surface area contributed by atoms with Gasteiger partial charge in [0, 0.05) is 19.3 Å². The fraction of sp³-hybridized carbons (Fsp3) is 0.678. The summed E-state index contributed by atoms with van der Waals surface area (Å²) in [6.45, 7) is 6.45. The number of unbranched alkanes of at least 4 members (excludes halogenated alkanes) is 22. The van der Waals surface area contributed by atoms with E-state index in [0.717, 1.165) is 122 Å². The highest BCUT2D eigenvalue weighted by Gasteiger charge is 2.19. The maximum atomic E-state index is 12.8. The summed E-state index contributed by atoms with van der Waals surface area (Å²) in [5.41, 5.74) is 0. The molecule has 6 nitrogen and oxygen atoms in total. The predicted molar refractivity (Wildman–Crippen MR) is 279 cm³/mol. The molecule has 0 aromatic rings. The van der Waals surface area contributed by atoms with E-state index < -0.39 is 6.10 Å². The lowest BCUT2D eigenvalue weighted by Gasteiger charge is -2.18. The molecular weight excluding hydrogens is 805 g/mol. The van der Waals surface area contributed by atoms with E-state index in [1.165, 1.54) is 77.0 Å². The van der Waals surface area contributed by atoms with E-state index in [1.54, 1.807) is 0 Å². The number of allylic oxidation sites excluding steroid dienone is 16. The zero-order valence-electron chi connectivity index (χ0n) is 42.2. The third-order valence-corrected chi connectivity index (χ3v) is 11.1. The molecule has 0 radical (unpaired) electrons. The standard InChI is InChI=1S/C59H98O6/c1-4-7-10-13-16-19-22-24-26-28-30-32-33-35-37-40-43-46-49-52-58(61)64-55-56(54-63-57(60)51-48-45-42-39-21-18-15-12-9-6-3)65-59(62)53-50-47-44-41-38-36-34-31-29-27-25-23-20-17-14-11-8-5-2/h7,10,16,19,23-27,29-32,34-35,37,56H,4-6,8-9,11-15,17-18,20-22,28,33,36,38-55H2,1-3H3/b10-7-,19-16-,25-23-,26-24-,29-27-,32-30-,34-31-,37-35-. The van der Waals surface area contributed by atoms with E-state index in [0.29, 0.717) is 19.3 Å². The van der Waals surface area contributed by atoms with Crippen molar-refractivity contribution in [3.63, 3.8) is 0 Å². The van der Waals surface area contributed by atoms with Crippen molar-refractivity contribution in [2.45, 2.75) is 245 Å². The maximum absolute atomic E-state index is 12.8. The first kappa shape index (κ1) is 61.3. The van der Waals surface area contributed by atoms with Crippen molar-refractivity contribution in [1.82, 2.24) is 0 Å². The first-order valence-electron chi connectivity index (χ1n) is 26.8. The topological polar surface area (TPSA) is 78.9 Å². The van der Waals surface area contributed by atoms with Gasteiger partial charge >= 0.3 is 17.9 Å². The Kier molecular flexibility index (Phi) is 50.0. The molecule has 0 aliphatic rings. The van der Waals surface area contributed by atoms with Crippen LogP contribution in [0.4, 0.5) is 0 Å². The lowest BCUT2D eigenvalue weighted by Crippen LogP contribution is -2.30. The van der Waals surface area contributed by atoms with E-state index in [9.17, 15) is 14.4 Å². The van der Waals surface area contributed by atoms with Crippen LogP contribution in [-0.4, -0.2) is 37.2 Å². The highest BCUT2D eigenvalue weighted by molar-refractivity contribution is 5.71. The molecule has 0 aromatic heterocycles. The number of ether oxygens (including phenoxy) is 3. The number of carbonyl (C=O) groups is 3. The average molecular weight is 903 g/mol. The second-order valence-corrected chi connectivity index (χ2v) is 17.5. The molecule has 1 atom stereocenters. The Morgan fingerprint density at radius 3 is 1.08 bits per heavy atom. The molecule has 65 heavy (non-hydrogen) atoms. The molecule has 0 aromatic carbocycles. The van der Waals surface area contributed by atoms with Crippen LogP contribution >= 0.6 is 0 Å². The molecule has 0 spiro atoms. The molecule has 0 aliphatic heterocycles. The fourth-order valence-corrected chi connectivity index (χ4v) is 7.12. The van der Waals surface area contributed by atoms with Crippen LogP contribution in [0.3, 0.4) is 0 Å². The van der Waals surface area contributed by atoms with Crippen LogP contribution in [0.1, 0.15) is 239 Å². The molecular formula is C59H98O6. The van der Waals surface area contributed by atoms with E-state index in [-0.39, 0.29) is 31.1 Å². The summed E-state index contributed by atoms with van der Waals surface area (Å²) in [7, 11) is 0. The van der Waals surface area contributed by atoms with Crippen molar-refractivity contribution in [1.29, 1.82) is 0 Å². The summed E-state index contributed by atoms with van der Waals surface area (Å²) < 4.78 is 16.8. The third-order valence-electron chi connectivity index (χ3n) is 11.1. The maximum Gasteiger partial charge on any atom is 0.306 e. The van der Waals surface area contributed by atoms with Gasteiger partial charge in [0.25, 0.3) is 0 Å². The van der Waals surface area contributed by atoms with Crippen LogP contribution in [0, 0.1) is 0 Å². The highest BCUT2D eigenvalue weighted by atomic mass is 16.6. The fourth-order valence-electron chi connectivity index (χ4n) is 7.12. The van der Waals surface area contributed by atoms with Crippen molar-refractivity contribution >= 4 is 17.9 Å². The molecule has 6 heteroatoms. The molecule has 0 rings (SSSR count). The first-order valence-corrected chi connectivity index (χ1v) is 26.8. The quantitative estimate of drug-likeness (QED) is 0.0199. The van der Waals surface area contributed by atoms with Gasteiger partial charge in [0.05, 0.1) is 0 Å². The van der Waals surface area contributed by atoms with Crippen LogP contribution in [0.2, 0.25) is 0 Å². The van der Waals surface area contributed by atoms with E-state index in [4.69, 9.17) is 14.2 Å². The summed E-state index contributed by atoms with van der Waals surface area (Å²) in [4.78, 5) is 38.0. The van der Waals surface area contributed by atoms with E-state index in [1.807, 2.05) is 0 Å². The van der Waals surface area contributed by atoms with Crippen LogP contribution in [0.5, 0.6) is 0 Å². The summed E-state index contributed by atoms with van der Waals surface area (Å²) in [5, 5.41) is 0. The second-order valence-electron chi connectivity index (χ2n) is 17.5. The Balaban J connectivity index is 4.46. The molecule has 0 amide bonds. The summed E-state index contributed by atoms with van der Waals surface area (Å²) in [6, 6.07) is 0. The minimum Gasteiger partial charge on any atom is -0.462 e. The minimum atomic E-state index is -0.801. The predicted octanol–water partition coefficient (Wildman–Crippen LogP) is 17.8. The zero-order chi connectivity index (χ0) is 47.2. The Labute approximate surface area is 400 Å². The van der Waals surface area contributed by atoms with Gasteiger partial charge in [-0.2, -0.15) is 0 Å². The summed E-state index contributed by atoms with van der Waals surface area (Å²) >= 11 is 0. The number of esters is 3. The van der Waals surface area contributed by atoms with Gasteiger partial charge in [0.1, 0.15) is 13.2 Å². The van der Waals surface area contributed by atoms with Gasteiger partial charge in [0.2, 0.25) is 0 Å². The van der Waals surface area contributed by atoms with Gasteiger partial charge in [-0.3, -0.25) is 14.4 Å². The van der Waals surface area contributed by atoms with Gasteiger partial charge < -0.3 is 14.2 Å². The summed E-state index contributed by atoms with van der Waals surface area (Å²) in [5.74, 6) is -0.952. The monoisotopic (exact) mass is 903 g/mol. The largest absolute Gasteiger partial charge is 0.462 e. The lowest BCUT2D eigenvalue weighted by molar-refractivity contribution is -0.167. The summed E-state index contributed by atoms with van der Waals surface area (Å²) in [6.07, 6.45) is 69.6. The molecule has 370 valence electrons. The van der Waals surface area contributed by atoms with Gasteiger partial charge in [-0.05, 0) is 89.9 Å². The van der Waals surface area contributed by atoms with Crippen molar-refractivity contribution in [2.24, 2.45) is 0 Å². The number of rotatable bonds is 47. The van der Waals surface area contributed by atoms with Crippen LogP contribution < -0.4 is 0 Å². The molecule has 0 aliphatic carbocycles. The molecule has 0 N–H and O–H groups in total. The van der Waals surface area contributed by atoms with Crippen molar-refractivity contribution in [3.8, 4) is 0 Å². The molecule has 1 unspecified atom stereocenters. The number of hydrogen-bond donors (Lipinski definition) is 0. The van der Waals surface area contributed by atoms with Gasteiger partial charge in [-0.1, -0.05) is 227 Å². The van der Waals surface area contributed by atoms with Crippen molar-refractivity contribution in [2.75, 3.05) is 13.2 Å². The Morgan fingerprint density at radius 2 is 0.662 bits per heavy atom. The van der Waals surface area contributed by atoms with Gasteiger partial charge in [-0.25, -0.2) is 0 Å². The smallest absolute Gasteiger partial charge is 0.306 e. The van der Waals surface area contributed by atoms with Gasteiger partial charge in [0.15, 0.2) is 6.10 Å². The molecule has 0 saturated heterocycles. The first-order chi connectivity index (χ1) is 32.0. The van der Waals surface area contributed by atoms with Crippen molar-refractivity contribution in [3.05, 3.63) is 97.2 Å². The minimum absolute atomic E-state index is 0.0963. The van der Waals surface area contributed by atoms with Crippen LogP contribution in [0.25, 0.3) is 0 Å². The third kappa shape index (κ3) is 51.2. The van der Waals surface area contributed by atoms with E-state index in [2.05, 4.69) is 118 Å². The van der Waals surface area contributed by atoms with Crippen LogP contribution in [0.15, 0.2) is 97.2 Å². The zero-order valence-corrected chi connectivity index (χ0v) is 42.2.